The average Bonchev–Trinajstić information content (AvgIpc) is 3.54. The fourth-order valence-corrected chi connectivity index (χ4v) is 6.58. The van der Waals surface area contributed by atoms with Crippen LogP contribution in [-0.4, -0.2) is 14.5 Å². The molecular weight excluding hydrogens is 486 g/mol. The first-order valence-electron chi connectivity index (χ1n) is 13.7. The predicted octanol–water partition coefficient (Wildman–Crippen LogP) is 9.12. The number of nitrogens with zero attached hydrogens (tertiary/aromatic N) is 3. The zero-order valence-corrected chi connectivity index (χ0v) is 21.7. The third-order valence-corrected chi connectivity index (χ3v) is 8.41. The van der Waals surface area contributed by atoms with E-state index in [2.05, 4.69) is 132 Å². The standard InChI is InChI=1S/C37H23N3/c1-2-11-24(12-3-1)35-30-19-18-23-10-4-7-15-28(23)36(30)39-37(38-35)40-33-17-9-8-16-29(33)32-22-31-26(21-34(32)40)20-25-13-5-6-14-27(25)31/h1-19,21-22H,20H2. The van der Waals surface area contributed by atoms with Crippen LogP contribution in [0.25, 0.3) is 71.8 Å². The molecule has 0 N–H and O–H groups in total. The molecule has 0 atom stereocenters. The number of rotatable bonds is 2. The molecule has 186 valence electrons. The van der Waals surface area contributed by atoms with Crippen molar-refractivity contribution in [3.8, 4) is 28.3 Å². The number of benzene rings is 6. The second-order valence-corrected chi connectivity index (χ2v) is 10.6. The molecule has 1 aliphatic rings. The first-order valence-corrected chi connectivity index (χ1v) is 13.7. The van der Waals surface area contributed by atoms with Crippen LogP contribution in [0.2, 0.25) is 0 Å². The summed E-state index contributed by atoms with van der Waals surface area (Å²) in [6.07, 6.45) is 0.946. The van der Waals surface area contributed by atoms with Gasteiger partial charge in [0.25, 0.3) is 0 Å². The van der Waals surface area contributed by atoms with Crippen LogP contribution in [0.15, 0.2) is 127 Å². The van der Waals surface area contributed by atoms with Crippen molar-refractivity contribution < 1.29 is 0 Å². The van der Waals surface area contributed by atoms with Gasteiger partial charge in [0.15, 0.2) is 0 Å². The van der Waals surface area contributed by atoms with Gasteiger partial charge in [-0.3, -0.25) is 4.57 Å². The Morgan fingerprint density at radius 1 is 0.500 bits per heavy atom. The Kier molecular flexibility index (Phi) is 4.39. The molecule has 0 saturated heterocycles. The summed E-state index contributed by atoms with van der Waals surface area (Å²) in [4.78, 5) is 10.6. The van der Waals surface area contributed by atoms with Crippen LogP contribution in [0.1, 0.15) is 11.1 Å². The smallest absolute Gasteiger partial charge is 0.235 e. The van der Waals surface area contributed by atoms with Gasteiger partial charge in [0.05, 0.1) is 22.2 Å². The van der Waals surface area contributed by atoms with Gasteiger partial charge in [0.2, 0.25) is 5.95 Å². The van der Waals surface area contributed by atoms with E-state index in [0.29, 0.717) is 5.95 Å². The van der Waals surface area contributed by atoms with E-state index in [9.17, 15) is 0 Å². The Morgan fingerprint density at radius 3 is 2.20 bits per heavy atom. The first-order chi connectivity index (χ1) is 19.8. The number of fused-ring (bicyclic) bond motifs is 9. The monoisotopic (exact) mass is 509 g/mol. The van der Waals surface area contributed by atoms with Crippen molar-refractivity contribution in [1.29, 1.82) is 0 Å². The zero-order chi connectivity index (χ0) is 26.2. The molecule has 8 aromatic rings. The molecule has 0 spiro atoms. The maximum absolute atomic E-state index is 5.32. The lowest BCUT2D eigenvalue weighted by Gasteiger charge is -2.13. The minimum atomic E-state index is 0.698. The molecule has 0 unspecified atom stereocenters. The van der Waals surface area contributed by atoms with E-state index in [1.54, 1.807) is 0 Å². The third-order valence-electron chi connectivity index (χ3n) is 8.41. The molecule has 9 rings (SSSR count). The van der Waals surface area contributed by atoms with E-state index in [-0.39, 0.29) is 0 Å². The third kappa shape index (κ3) is 3.00. The maximum atomic E-state index is 5.32. The van der Waals surface area contributed by atoms with Crippen molar-refractivity contribution in [3.05, 3.63) is 139 Å². The number of hydrogen-bond donors (Lipinski definition) is 0. The SMILES string of the molecule is c1ccc(-c2nc(-n3c4ccccc4c4cc5c(cc43)Cc3ccccc3-5)nc3c2ccc2ccccc23)cc1. The highest BCUT2D eigenvalue weighted by atomic mass is 15.2. The molecule has 3 heteroatoms. The molecule has 1 aliphatic carbocycles. The second kappa shape index (κ2) is 8.11. The maximum Gasteiger partial charge on any atom is 0.235 e. The molecule has 0 bridgehead atoms. The molecule has 3 nitrogen and oxygen atoms in total. The summed E-state index contributed by atoms with van der Waals surface area (Å²) >= 11 is 0. The highest BCUT2D eigenvalue weighted by Crippen LogP contribution is 2.42. The zero-order valence-electron chi connectivity index (χ0n) is 21.7. The van der Waals surface area contributed by atoms with Gasteiger partial charge in [0, 0.05) is 27.1 Å². The Balaban J connectivity index is 1.41. The molecule has 0 saturated carbocycles. The fourth-order valence-electron chi connectivity index (χ4n) is 6.58. The summed E-state index contributed by atoms with van der Waals surface area (Å²) in [7, 11) is 0. The van der Waals surface area contributed by atoms with Crippen LogP contribution in [0.3, 0.4) is 0 Å². The lowest BCUT2D eigenvalue weighted by Crippen LogP contribution is -2.04. The van der Waals surface area contributed by atoms with Gasteiger partial charge in [-0.25, -0.2) is 9.97 Å². The van der Waals surface area contributed by atoms with Crippen molar-refractivity contribution >= 4 is 43.5 Å². The van der Waals surface area contributed by atoms with Crippen LogP contribution >= 0.6 is 0 Å². The van der Waals surface area contributed by atoms with Crippen LogP contribution in [0, 0.1) is 0 Å². The summed E-state index contributed by atoms with van der Waals surface area (Å²) in [5.41, 5.74) is 10.7. The normalized spacial score (nSPS) is 12.4. The molecule has 2 aromatic heterocycles. The minimum absolute atomic E-state index is 0.698. The van der Waals surface area contributed by atoms with Gasteiger partial charge in [-0.1, -0.05) is 103 Å². The van der Waals surface area contributed by atoms with Gasteiger partial charge in [-0.15, -0.1) is 0 Å². The minimum Gasteiger partial charge on any atom is -0.278 e. The summed E-state index contributed by atoms with van der Waals surface area (Å²) in [6.45, 7) is 0. The first kappa shape index (κ1) is 21.6. The number of aromatic nitrogens is 3. The lowest BCUT2D eigenvalue weighted by molar-refractivity contribution is 1.01. The van der Waals surface area contributed by atoms with Crippen molar-refractivity contribution in [1.82, 2.24) is 14.5 Å². The molecule has 0 radical (unpaired) electrons. The van der Waals surface area contributed by atoms with Crippen LogP contribution in [-0.2, 0) is 6.42 Å². The molecule has 0 fully saturated rings. The Hall–Kier alpha value is -5.28. The fraction of sp³-hybridized carbons (Fsp3) is 0.0270. The Morgan fingerprint density at radius 2 is 1.27 bits per heavy atom. The van der Waals surface area contributed by atoms with E-state index in [4.69, 9.17) is 9.97 Å². The summed E-state index contributed by atoms with van der Waals surface area (Å²) in [6, 6.07) is 45.5. The van der Waals surface area contributed by atoms with E-state index in [1.165, 1.54) is 38.4 Å². The molecule has 0 aliphatic heterocycles. The molecule has 6 aromatic carbocycles. The predicted molar refractivity (Wildman–Crippen MR) is 165 cm³/mol. The van der Waals surface area contributed by atoms with Gasteiger partial charge in [-0.05, 0) is 58.3 Å². The summed E-state index contributed by atoms with van der Waals surface area (Å²) < 4.78 is 2.27. The van der Waals surface area contributed by atoms with E-state index in [0.717, 1.165) is 45.0 Å². The second-order valence-electron chi connectivity index (χ2n) is 10.6. The van der Waals surface area contributed by atoms with Crippen molar-refractivity contribution in [2.24, 2.45) is 0 Å². The number of para-hydroxylation sites is 1. The van der Waals surface area contributed by atoms with Crippen LogP contribution < -0.4 is 0 Å². The van der Waals surface area contributed by atoms with E-state index in [1.807, 2.05) is 0 Å². The molecule has 40 heavy (non-hydrogen) atoms. The summed E-state index contributed by atoms with van der Waals surface area (Å²) in [5.74, 6) is 0.698. The van der Waals surface area contributed by atoms with Gasteiger partial charge >= 0.3 is 0 Å². The van der Waals surface area contributed by atoms with Crippen molar-refractivity contribution in [2.45, 2.75) is 6.42 Å². The van der Waals surface area contributed by atoms with Crippen molar-refractivity contribution in [3.63, 3.8) is 0 Å². The van der Waals surface area contributed by atoms with Gasteiger partial charge in [-0.2, -0.15) is 0 Å². The average molecular weight is 510 g/mol. The highest BCUT2D eigenvalue weighted by molar-refractivity contribution is 6.12. The van der Waals surface area contributed by atoms with Crippen molar-refractivity contribution in [2.75, 3.05) is 0 Å². The quantitative estimate of drug-likeness (QED) is 0.218. The summed E-state index contributed by atoms with van der Waals surface area (Å²) in [5, 5.41) is 5.82. The molecule has 2 heterocycles. The Bertz CT molecular complexity index is 2290. The number of hydrogen-bond acceptors (Lipinski definition) is 2. The highest BCUT2D eigenvalue weighted by Gasteiger charge is 2.23. The lowest BCUT2D eigenvalue weighted by atomic mass is 10.0. The molecular formula is C37H23N3. The molecule has 0 amide bonds. The topological polar surface area (TPSA) is 30.7 Å². The van der Waals surface area contributed by atoms with Crippen LogP contribution in [0.4, 0.5) is 0 Å². The van der Waals surface area contributed by atoms with Gasteiger partial charge < -0.3 is 0 Å². The van der Waals surface area contributed by atoms with E-state index < -0.39 is 0 Å². The van der Waals surface area contributed by atoms with Crippen LogP contribution in [0.5, 0.6) is 0 Å². The Labute approximate surface area is 231 Å². The van der Waals surface area contributed by atoms with E-state index >= 15 is 0 Å². The van der Waals surface area contributed by atoms with Gasteiger partial charge in [0.1, 0.15) is 0 Å². The largest absolute Gasteiger partial charge is 0.278 e.